The van der Waals surface area contributed by atoms with Crippen LogP contribution in [0.4, 0.5) is 5.82 Å². The topological polar surface area (TPSA) is 69.6 Å². The van der Waals surface area contributed by atoms with Gasteiger partial charge in [-0.3, -0.25) is 19.4 Å². The van der Waals surface area contributed by atoms with Gasteiger partial charge in [0.15, 0.2) is 5.82 Å². The van der Waals surface area contributed by atoms with Crippen molar-refractivity contribution in [2.75, 3.05) is 37.6 Å². The normalized spacial score (nSPS) is 18.0. The van der Waals surface area contributed by atoms with Gasteiger partial charge >= 0.3 is 0 Å². The van der Waals surface area contributed by atoms with Crippen LogP contribution >= 0.6 is 0 Å². The Morgan fingerprint density at radius 3 is 2.62 bits per heavy atom. The lowest BCUT2D eigenvalue weighted by Gasteiger charge is -2.27. The van der Waals surface area contributed by atoms with E-state index in [0.717, 1.165) is 56.0 Å². The van der Waals surface area contributed by atoms with Crippen LogP contribution in [0.25, 0.3) is 0 Å². The minimum absolute atomic E-state index is 0.0753. The molecular formula is C25H33N5O2. The van der Waals surface area contributed by atoms with Gasteiger partial charge < -0.3 is 4.90 Å². The first-order valence-corrected chi connectivity index (χ1v) is 11.7. The summed E-state index contributed by atoms with van der Waals surface area (Å²) < 4.78 is 0. The van der Waals surface area contributed by atoms with Gasteiger partial charge in [-0.15, -0.1) is 0 Å². The molecule has 1 saturated heterocycles. The quantitative estimate of drug-likeness (QED) is 0.638. The third-order valence-electron chi connectivity index (χ3n) is 6.69. The molecule has 2 aromatic rings. The molecule has 0 saturated carbocycles. The standard InChI is InChI=1S/C25H33N5O2/c1-4-28(5-2)17-23(32)29-14-9-12-21(29)24-26-18(3)20-16-22(31)30(25(20)27-24)15-13-19-10-7-6-8-11-19/h6-8,10-11,21H,4-5,9,12-17H2,1-3H3. The van der Waals surface area contributed by atoms with Gasteiger partial charge in [-0.2, -0.15) is 0 Å². The van der Waals surface area contributed by atoms with Crippen molar-refractivity contribution in [3.63, 3.8) is 0 Å². The number of anilines is 1. The van der Waals surface area contributed by atoms with E-state index in [-0.39, 0.29) is 17.9 Å². The zero-order valence-corrected chi connectivity index (χ0v) is 19.4. The van der Waals surface area contributed by atoms with Crippen molar-refractivity contribution < 1.29 is 9.59 Å². The highest BCUT2D eigenvalue weighted by molar-refractivity contribution is 6.00. The van der Waals surface area contributed by atoms with Crippen LogP contribution in [0.5, 0.6) is 0 Å². The molecule has 7 nitrogen and oxygen atoms in total. The largest absolute Gasteiger partial charge is 0.331 e. The number of rotatable bonds is 8. The molecule has 0 bridgehead atoms. The highest BCUT2D eigenvalue weighted by atomic mass is 16.2. The molecule has 1 atom stereocenters. The van der Waals surface area contributed by atoms with Crippen molar-refractivity contribution in [3.8, 4) is 0 Å². The summed E-state index contributed by atoms with van der Waals surface area (Å²) >= 11 is 0. The molecule has 2 amide bonds. The lowest BCUT2D eigenvalue weighted by Crippen LogP contribution is -2.40. The summed E-state index contributed by atoms with van der Waals surface area (Å²) in [5.41, 5.74) is 2.97. The maximum Gasteiger partial charge on any atom is 0.237 e. The first kappa shape index (κ1) is 22.4. The summed E-state index contributed by atoms with van der Waals surface area (Å²) in [4.78, 5) is 41.3. The van der Waals surface area contributed by atoms with E-state index >= 15 is 0 Å². The molecule has 32 heavy (non-hydrogen) atoms. The summed E-state index contributed by atoms with van der Waals surface area (Å²) in [6.45, 7) is 9.58. The number of carbonyl (C=O) groups excluding carboxylic acids is 2. The summed E-state index contributed by atoms with van der Waals surface area (Å²) in [5.74, 6) is 1.61. The van der Waals surface area contributed by atoms with Crippen molar-refractivity contribution in [2.45, 2.75) is 52.5 Å². The lowest BCUT2D eigenvalue weighted by atomic mass is 10.1. The second kappa shape index (κ2) is 9.77. The number of fused-ring (bicyclic) bond motifs is 1. The summed E-state index contributed by atoms with van der Waals surface area (Å²) in [5, 5.41) is 0. The number of aromatic nitrogens is 2. The van der Waals surface area contributed by atoms with Crippen LogP contribution in [0.2, 0.25) is 0 Å². The van der Waals surface area contributed by atoms with Gasteiger partial charge in [-0.25, -0.2) is 9.97 Å². The van der Waals surface area contributed by atoms with Gasteiger partial charge in [0.1, 0.15) is 5.82 Å². The molecule has 0 spiro atoms. The third-order valence-corrected chi connectivity index (χ3v) is 6.69. The highest BCUT2D eigenvalue weighted by Crippen LogP contribution is 2.35. The average molecular weight is 436 g/mol. The minimum atomic E-state index is -0.117. The second-order valence-electron chi connectivity index (χ2n) is 8.63. The van der Waals surface area contributed by atoms with E-state index < -0.39 is 0 Å². The molecule has 1 unspecified atom stereocenters. The average Bonchev–Trinajstić information content (AvgIpc) is 3.41. The Hall–Kier alpha value is -2.80. The number of amides is 2. The number of likely N-dealkylation sites (N-methyl/N-ethyl adjacent to an activating group) is 1. The molecule has 1 aromatic heterocycles. The van der Waals surface area contributed by atoms with Gasteiger partial charge in [0.25, 0.3) is 0 Å². The molecule has 0 aliphatic carbocycles. The monoisotopic (exact) mass is 435 g/mol. The van der Waals surface area contributed by atoms with Crippen LogP contribution in [-0.4, -0.2) is 64.3 Å². The number of aryl methyl sites for hydroxylation is 1. The Morgan fingerprint density at radius 2 is 1.91 bits per heavy atom. The zero-order chi connectivity index (χ0) is 22.7. The van der Waals surface area contributed by atoms with Gasteiger partial charge in [0, 0.05) is 24.3 Å². The Bertz CT molecular complexity index is 974. The molecule has 3 heterocycles. The fourth-order valence-corrected chi connectivity index (χ4v) is 4.73. The summed E-state index contributed by atoms with van der Waals surface area (Å²) in [6, 6.07) is 10.1. The zero-order valence-electron chi connectivity index (χ0n) is 19.4. The van der Waals surface area contributed by atoms with E-state index in [1.165, 1.54) is 5.56 Å². The molecule has 1 aromatic carbocycles. The minimum Gasteiger partial charge on any atom is -0.331 e. The van der Waals surface area contributed by atoms with E-state index in [0.29, 0.717) is 25.3 Å². The van der Waals surface area contributed by atoms with Crippen LogP contribution in [0.15, 0.2) is 30.3 Å². The predicted molar refractivity (Wildman–Crippen MR) is 124 cm³/mol. The number of benzene rings is 1. The Morgan fingerprint density at radius 1 is 1.16 bits per heavy atom. The van der Waals surface area contributed by atoms with Crippen molar-refractivity contribution in [3.05, 3.63) is 53.0 Å². The maximum atomic E-state index is 13.0. The third kappa shape index (κ3) is 4.53. The number of carbonyl (C=O) groups is 2. The van der Waals surface area contributed by atoms with Crippen LogP contribution in [0.3, 0.4) is 0 Å². The van der Waals surface area contributed by atoms with Crippen LogP contribution in [0, 0.1) is 6.92 Å². The first-order chi connectivity index (χ1) is 15.5. The Balaban J connectivity index is 1.56. The van der Waals surface area contributed by atoms with Gasteiger partial charge in [-0.05, 0) is 44.8 Å². The molecule has 170 valence electrons. The SMILES string of the molecule is CCN(CC)CC(=O)N1CCCC1c1nc(C)c2c(n1)N(CCc1ccccc1)C(=O)C2. The molecule has 2 aliphatic heterocycles. The number of hydrogen-bond donors (Lipinski definition) is 0. The second-order valence-corrected chi connectivity index (χ2v) is 8.63. The number of likely N-dealkylation sites (tertiary alicyclic amines) is 1. The Labute approximate surface area is 190 Å². The van der Waals surface area contributed by atoms with Crippen LogP contribution < -0.4 is 4.90 Å². The molecule has 0 radical (unpaired) electrons. The number of hydrogen-bond acceptors (Lipinski definition) is 5. The smallest absolute Gasteiger partial charge is 0.237 e. The number of nitrogens with zero attached hydrogens (tertiary/aromatic N) is 5. The molecule has 0 N–H and O–H groups in total. The highest BCUT2D eigenvalue weighted by Gasteiger charge is 2.36. The van der Waals surface area contributed by atoms with Crippen LogP contribution in [0.1, 0.15) is 55.4 Å². The van der Waals surface area contributed by atoms with Crippen molar-refractivity contribution in [1.82, 2.24) is 19.8 Å². The van der Waals surface area contributed by atoms with Gasteiger partial charge in [-0.1, -0.05) is 44.2 Å². The van der Waals surface area contributed by atoms with Gasteiger partial charge in [0.05, 0.1) is 19.0 Å². The van der Waals surface area contributed by atoms with E-state index in [1.807, 2.05) is 30.0 Å². The molecular weight excluding hydrogens is 402 g/mol. The van der Waals surface area contributed by atoms with E-state index in [2.05, 4.69) is 30.9 Å². The van der Waals surface area contributed by atoms with Crippen molar-refractivity contribution >= 4 is 17.6 Å². The van der Waals surface area contributed by atoms with E-state index in [9.17, 15) is 9.59 Å². The molecule has 2 aliphatic rings. The van der Waals surface area contributed by atoms with Gasteiger partial charge in [0.2, 0.25) is 11.8 Å². The van der Waals surface area contributed by atoms with Crippen LogP contribution in [-0.2, 0) is 22.4 Å². The fraction of sp³-hybridized carbons (Fsp3) is 0.520. The van der Waals surface area contributed by atoms with E-state index in [4.69, 9.17) is 9.97 Å². The first-order valence-electron chi connectivity index (χ1n) is 11.7. The fourth-order valence-electron chi connectivity index (χ4n) is 4.73. The van der Waals surface area contributed by atoms with Crippen molar-refractivity contribution in [2.24, 2.45) is 0 Å². The summed E-state index contributed by atoms with van der Waals surface area (Å²) in [7, 11) is 0. The lowest BCUT2D eigenvalue weighted by molar-refractivity contribution is -0.133. The van der Waals surface area contributed by atoms with E-state index in [1.54, 1.807) is 4.90 Å². The predicted octanol–water partition coefficient (Wildman–Crippen LogP) is 2.92. The molecule has 4 rings (SSSR count). The molecule has 1 fully saturated rings. The summed E-state index contributed by atoms with van der Waals surface area (Å²) in [6.07, 6.45) is 2.94. The maximum absolute atomic E-state index is 13.0. The Kier molecular flexibility index (Phi) is 6.84. The molecule has 7 heteroatoms. The van der Waals surface area contributed by atoms with Crippen molar-refractivity contribution in [1.29, 1.82) is 0 Å².